The number of morpholine rings is 1. The maximum atomic E-state index is 13.5. The Balaban J connectivity index is 1.71. The van der Waals surface area contributed by atoms with Gasteiger partial charge in [-0.05, 0) is 42.1 Å². The lowest BCUT2D eigenvalue weighted by atomic mass is 10.1. The Morgan fingerprint density at radius 2 is 1.89 bits per heavy atom. The molecule has 13 nitrogen and oxygen atoms in total. The van der Waals surface area contributed by atoms with Gasteiger partial charge in [-0.3, -0.25) is 14.9 Å². The van der Waals surface area contributed by atoms with E-state index in [1.165, 1.54) is 22.9 Å². The van der Waals surface area contributed by atoms with E-state index in [2.05, 4.69) is 25.7 Å². The second kappa shape index (κ2) is 11.9. The molecule has 1 N–H and O–H groups in total. The summed E-state index contributed by atoms with van der Waals surface area (Å²) in [5, 5.41) is 26.0. The van der Waals surface area contributed by atoms with Crippen molar-refractivity contribution >= 4 is 34.7 Å². The highest BCUT2D eigenvalue weighted by Crippen LogP contribution is 2.40. The summed E-state index contributed by atoms with van der Waals surface area (Å²) in [4.78, 5) is 27.0. The molecule has 0 bridgehead atoms. The number of hydrogen-bond donors (Lipinski definition) is 1. The monoisotopic (exact) mass is 529 g/mol. The molecule has 1 saturated heterocycles. The van der Waals surface area contributed by atoms with Gasteiger partial charge < -0.3 is 24.4 Å². The molecule has 0 saturated carbocycles. The molecule has 0 atom stereocenters. The van der Waals surface area contributed by atoms with E-state index in [-0.39, 0.29) is 11.3 Å². The molecule has 14 heteroatoms. The summed E-state index contributed by atoms with van der Waals surface area (Å²) < 4.78 is 18.7. The number of aromatic nitrogens is 4. The largest absolute Gasteiger partial charge is 0.492 e. The van der Waals surface area contributed by atoms with Crippen LogP contribution in [0.3, 0.4) is 0 Å². The molecule has 0 spiro atoms. The van der Waals surface area contributed by atoms with E-state index in [0.717, 1.165) is 17.4 Å². The quantitative estimate of drug-likeness (QED) is 0.305. The molecule has 1 aliphatic heterocycles. The van der Waals surface area contributed by atoms with Gasteiger partial charge in [-0.25, -0.2) is 4.68 Å². The minimum absolute atomic E-state index is 0.0971. The van der Waals surface area contributed by atoms with E-state index >= 15 is 0 Å². The number of nitro benzene ring substituents is 1. The van der Waals surface area contributed by atoms with Crippen LogP contribution in [0.25, 0.3) is 0 Å². The molecular formula is C23H27N7O6S. The van der Waals surface area contributed by atoms with Gasteiger partial charge in [0, 0.05) is 49.3 Å². The van der Waals surface area contributed by atoms with Crippen LogP contribution in [0.15, 0.2) is 40.4 Å². The van der Waals surface area contributed by atoms with Gasteiger partial charge in [0.1, 0.15) is 11.5 Å². The lowest BCUT2D eigenvalue weighted by Crippen LogP contribution is -2.36. The number of non-ortho nitro benzene ring substituents is 1. The number of anilines is 2. The van der Waals surface area contributed by atoms with Crippen LogP contribution in [-0.4, -0.2) is 70.6 Å². The lowest BCUT2D eigenvalue weighted by Gasteiger charge is -2.31. The first-order valence-corrected chi connectivity index (χ1v) is 12.5. The van der Waals surface area contributed by atoms with Crippen LogP contribution in [0.2, 0.25) is 0 Å². The number of tetrazole rings is 1. The minimum atomic E-state index is -0.552. The fourth-order valence-electron chi connectivity index (χ4n) is 3.74. The van der Waals surface area contributed by atoms with Crippen molar-refractivity contribution in [2.45, 2.75) is 23.9 Å². The van der Waals surface area contributed by atoms with Gasteiger partial charge in [-0.1, -0.05) is 0 Å². The zero-order valence-electron chi connectivity index (χ0n) is 20.7. The Kier molecular flexibility index (Phi) is 8.40. The maximum Gasteiger partial charge on any atom is 0.270 e. The normalized spacial score (nSPS) is 13.3. The summed E-state index contributed by atoms with van der Waals surface area (Å²) in [5.74, 6) is 0.490. The molecule has 2 aromatic carbocycles. The smallest absolute Gasteiger partial charge is 0.270 e. The van der Waals surface area contributed by atoms with Crippen molar-refractivity contribution in [2.75, 3.05) is 49.7 Å². The molecule has 0 radical (unpaired) electrons. The van der Waals surface area contributed by atoms with Crippen molar-refractivity contribution in [2.24, 2.45) is 7.05 Å². The van der Waals surface area contributed by atoms with Gasteiger partial charge in [0.2, 0.25) is 5.16 Å². The maximum absolute atomic E-state index is 13.5. The van der Waals surface area contributed by atoms with Gasteiger partial charge in [-0.15, -0.1) is 5.10 Å². The van der Waals surface area contributed by atoms with E-state index in [0.29, 0.717) is 66.8 Å². The average Bonchev–Trinajstić information content (AvgIpc) is 3.30. The van der Waals surface area contributed by atoms with Crippen LogP contribution in [0.1, 0.15) is 24.2 Å². The van der Waals surface area contributed by atoms with Crippen LogP contribution in [0, 0.1) is 10.1 Å². The Morgan fingerprint density at radius 1 is 1.16 bits per heavy atom. The number of hydrogen-bond acceptors (Lipinski definition) is 11. The minimum Gasteiger partial charge on any atom is -0.492 e. The van der Waals surface area contributed by atoms with Crippen LogP contribution < -0.4 is 19.7 Å². The SMILES string of the molecule is CCOc1cc(N2CCOCC2)c(OCC)cc1NC(=O)c1cc([N+](=O)[O-])ccc1Sc1nnnn1C. The summed E-state index contributed by atoms with van der Waals surface area (Å²) in [6, 6.07) is 7.62. The van der Waals surface area contributed by atoms with Crippen molar-refractivity contribution in [1.82, 2.24) is 20.2 Å². The summed E-state index contributed by atoms with van der Waals surface area (Å²) in [7, 11) is 1.66. The highest BCUT2D eigenvalue weighted by molar-refractivity contribution is 7.99. The van der Waals surface area contributed by atoms with E-state index in [1.54, 1.807) is 13.1 Å². The van der Waals surface area contributed by atoms with Crippen molar-refractivity contribution in [1.29, 1.82) is 0 Å². The van der Waals surface area contributed by atoms with E-state index in [4.69, 9.17) is 14.2 Å². The second-order valence-electron chi connectivity index (χ2n) is 7.86. The molecule has 1 fully saturated rings. The molecule has 0 aliphatic carbocycles. The third-order valence-electron chi connectivity index (χ3n) is 5.46. The van der Waals surface area contributed by atoms with Gasteiger partial charge in [0.15, 0.2) is 0 Å². The molecule has 4 rings (SSSR count). The third-order valence-corrected chi connectivity index (χ3v) is 6.57. The van der Waals surface area contributed by atoms with Gasteiger partial charge in [-0.2, -0.15) is 0 Å². The van der Waals surface area contributed by atoms with Gasteiger partial charge in [0.05, 0.1) is 48.3 Å². The first-order valence-electron chi connectivity index (χ1n) is 11.7. The predicted octanol–water partition coefficient (Wildman–Crippen LogP) is 3.16. The number of nitrogens with one attached hydrogen (secondary N) is 1. The number of amides is 1. The van der Waals surface area contributed by atoms with E-state index in [9.17, 15) is 14.9 Å². The number of carbonyl (C=O) groups excluding carboxylic acids is 1. The number of nitrogens with zero attached hydrogens (tertiary/aromatic N) is 6. The Hall–Kier alpha value is -3.91. The van der Waals surface area contributed by atoms with Crippen LogP contribution in [0.4, 0.5) is 17.1 Å². The summed E-state index contributed by atoms with van der Waals surface area (Å²) >= 11 is 1.12. The van der Waals surface area contributed by atoms with Crippen molar-refractivity contribution in [3.8, 4) is 11.5 Å². The summed E-state index contributed by atoms with van der Waals surface area (Å²) in [6.45, 7) is 7.12. The Bertz CT molecular complexity index is 1280. The molecule has 196 valence electrons. The van der Waals surface area contributed by atoms with Crippen LogP contribution in [0.5, 0.6) is 11.5 Å². The Labute approximate surface area is 217 Å². The zero-order chi connectivity index (χ0) is 26.4. The number of ether oxygens (including phenoxy) is 3. The number of rotatable bonds is 10. The molecule has 1 aromatic heterocycles. The molecule has 1 amide bonds. The third kappa shape index (κ3) is 6.09. The first kappa shape index (κ1) is 26.2. The molecule has 37 heavy (non-hydrogen) atoms. The van der Waals surface area contributed by atoms with Crippen LogP contribution >= 0.6 is 11.8 Å². The molecule has 1 aliphatic rings. The zero-order valence-corrected chi connectivity index (χ0v) is 21.5. The van der Waals surface area contributed by atoms with Crippen molar-refractivity contribution < 1.29 is 23.9 Å². The number of aryl methyl sites for hydroxylation is 1. The fraction of sp³-hybridized carbons (Fsp3) is 0.391. The molecule has 3 aromatic rings. The average molecular weight is 530 g/mol. The topological polar surface area (TPSA) is 147 Å². The second-order valence-corrected chi connectivity index (χ2v) is 8.87. The Morgan fingerprint density at radius 3 is 2.54 bits per heavy atom. The highest BCUT2D eigenvalue weighted by Gasteiger charge is 2.23. The number of benzene rings is 2. The highest BCUT2D eigenvalue weighted by atomic mass is 32.2. The van der Waals surface area contributed by atoms with Gasteiger partial charge >= 0.3 is 0 Å². The fourth-order valence-corrected chi connectivity index (χ4v) is 4.58. The van der Waals surface area contributed by atoms with E-state index in [1.807, 2.05) is 19.9 Å². The molecular weight excluding hydrogens is 502 g/mol. The summed E-state index contributed by atoms with van der Waals surface area (Å²) in [5.41, 5.74) is 1.11. The first-order chi connectivity index (χ1) is 17.9. The molecule has 0 unspecified atom stereocenters. The van der Waals surface area contributed by atoms with E-state index < -0.39 is 10.8 Å². The van der Waals surface area contributed by atoms with Gasteiger partial charge in [0.25, 0.3) is 11.6 Å². The number of carbonyl (C=O) groups is 1. The van der Waals surface area contributed by atoms with Crippen molar-refractivity contribution in [3.63, 3.8) is 0 Å². The lowest BCUT2D eigenvalue weighted by molar-refractivity contribution is -0.384. The number of nitro groups is 1. The van der Waals surface area contributed by atoms with Crippen molar-refractivity contribution in [3.05, 3.63) is 46.0 Å². The summed E-state index contributed by atoms with van der Waals surface area (Å²) in [6.07, 6.45) is 0. The van der Waals surface area contributed by atoms with Crippen LogP contribution in [-0.2, 0) is 11.8 Å². The standard InChI is InChI=1S/C23H27N7O6S/c1-4-35-19-14-18(29-8-10-34-11-9-29)20(36-5-2)13-17(19)24-22(31)16-12-15(30(32)33)6-7-21(16)37-23-25-26-27-28(23)3/h6-7,12-14H,4-5,8-11H2,1-3H3,(H,24,31). The predicted molar refractivity (Wildman–Crippen MR) is 136 cm³/mol. The molecule has 2 heterocycles.